The van der Waals surface area contributed by atoms with Gasteiger partial charge in [0.15, 0.2) is 5.82 Å². The molecule has 2 N–H and O–H groups in total. The van der Waals surface area contributed by atoms with Crippen molar-refractivity contribution in [2.45, 2.75) is 6.92 Å². The number of hydrogen-bond donors (Lipinski definition) is 2. The maximum Gasteiger partial charge on any atom is 0.275 e. The van der Waals surface area contributed by atoms with E-state index in [1.165, 1.54) is 11.3 Å². The maximum atomic E-state index is 12.1. The summed E-state index contributed by atoms with van der Waals surface area (Å²) < 4.78 is 5.44. The average molecular weight is 366 g/mol. The Morgan fingerprint density at radius 2 is 1.96 bits per heavy atom. The molecule has 0 saturated carbocycles. The number of anilines is 1. The third kappa shape index (κ3) is 2.60. The van der Waals surface area contributed by atoms with Crippen molar-refractivity contribution in [2.24, 2.45) is 0 Å². The zero-order valence-corrected chi connectivity index (χ0v) is 14.8. The molecule has 1 aromatic carbocycles. The van der Waals surface area contributed by atoms with E-state index in [1.54, 1.807) is 20.1 Å². The predicted octanol–water partition coefficient (Wildman–Crippen LogP) is 2.71. The average Bonchev–Trinajstić information content (AvgIpc) is 3.26. The fourth-order valence-corrected chi connectivity index (χ4v) is 3.40. The Kier molecular flexibility index (Phi) is 3.89. The number of ether oxygens (including phenoxy) is 1. The first-order chi connectivity index (χ1) is 12.6. The second-order valence-corrected chi connectivity index (χ2v) is 6.58. The van der Waals surface area contributed by atoms with Crippen LogP contribution in [0.15, 0.2) is 47.0 Å². The van der Waals surface area contributed by atoms with Crippen molar-refractivity contribution in [1.82, 2.24) is 15.3 Å². The van der Waals surface area contributed by atoms with E-state index in [-0.39, 0.29) is 5.70 Å². The Labute approximate surface area is 152 Å². The number of methoxy groups -OCH3 is 1. The number of benzene rings is 1. The molecule has 0 unspecified atom stereocenters. The lowest BCUT2D eigenvalue weighted by atomic mass is 10.2. The number of hydrogen-bond acceptors (Lipinski definition) is 7. The van der Waals surface area contributed by atoms with Gasteiger partial charge < -0.3 is 10.1 Å². The second kappa shape index (κ2) is 6.23. The van der Waals surface area contributed by atoms with E-state index in [0.29, 0.717) is 33.9 Å². The summed E-state index contributed by atoms with van der Waals surface area (Å²) in [5.41, 5.74) is 1.17. The van der Waals surface area contributed by atoms with Crippen molar-refractivity contribution >= 4 is 39.9 Å². The van der Waals surface area contributed by atoms with Crippen molar-refractivity contribution in [3.05, 3.63) is 47.0 Å². The molecule has 26 heavy (non-hydrogen) atoms. The van der Waals surface area contributed by atoms with Crippen LogP contribution in [0.3, 0.4) is 0 Å². The van der Waals surface area contributed by atoms with Crippen molar-refractivity contribution in [1.29, 1.82) is 0 Å². The lowest BCUT2D eigenvalue weighted by molar-refractivity contribution is -0.124. The maximum absolute atomic E-state index is 12.1. The summed E-state index contributed by atoms with van der Waals surface area (Å²) in [5, 5.41) is 7.86. The summed E-state index contributed by atoms with van der Waals surface area (Å²) in [4.78, 5) is 33.9. The number of nitrogens with zero attached hydrogens (tertiary/aromatic N) is 2. The highest BCUT2D eigenvalue weighted by atomic mass is 32.1. The SMILES string of the molecule is COc1cccc2nc(-c3cccs3)nc(NC3=C(C)C(=O)NC3=O)c12. The quantitative estimate of drug-likeness (QED) is 0.690. The van der Waals surface area contributed by atoms with Gasteiger partial charge in [0, 0.05) is 5.57 Å². The first-order valence-corrected chi connectivity index (χ1v) is 8.68. The predicted molar refractivity (Wildman–Crippen MR) is 98.9 cm³/mol. The van der Waals surface area contributed by atoms with Gasteiger partial charge in [-0.3, -0.25) is 14.9 Å². The third-order valence-corrected chi connectivity index (χ3v) is 4.93. The van der Waals surface area contributed by atoms with E-state index in [4.69, 9.17) is 4.74 Å². The minimum Gasteiger partial charge on any atom is -0.496 e. The standard InChI is InChI=1S/C18H14N4O3S/c1-9-14(18(24)22-17(9)23)20-16-13-10(5-3-6-11(13)25-2)19-15(21-16)12-7-4-8-26-12/h3-8H,1-2H3,(H2,19,20,21,22,23,24). The van der Waals surface area contributed by atoms with E-state index >= 15 is 0 Å². The fraction of sp³-hybridized carbons (Fsp3) is 0.111. The van der Waals surface area contributed by atoms with Gasteiger partial charge in [-0.1, -0.05) is 12.1 Å². The largest absolute Gasteiger partial charge is 0.496 e. The first-order valence-electron chi connectivity index (χ1n) is 7.80. The highest BCUT2D eigenvalue weighted by Crippen LogP contribution is 2.34. The van der Waals surface area contributed by atoms with Gasteiger partial charge in [-0.05, 0) is 30.5 Å². The van der Waals surface area contributed by atoms with Gasteiger partial charge in [0.2, 0.25) is 0 Å². The molecule has 4 rings (SSSR count). The number of carbonyl (C=O) groups is 2. The summed E-state index contributed by atoms with van der Waals surface area (Å²) >= 11 is 1.52. The Balaban J connectivity index is 1.94. The number of imide groups is 1. The molecule has 0 atom stereocenters. The second-order valence-electron chi connectivity index (χ2n) is 5.64. The van der Waals surface area contributed by atoms with Crippen molar-refractivity contribution in [3.63, 3.8) is 0 Å². The molecule has 1 aliphatic heterocycles. The van der Waals surface area contributed by atoms with Crippen molar-refractivity contribution in [3.8, 4) is 16.5 Å². The summed E-state index contributed by atoms with van der Waals surface area (Å²) in [7, 11) is 1.56. The van der Waals surface area contributed by atoms with Crippen LogP contribution in [0.1, 0.15) is 6.92 Å². The van der Waals surface area contributed by atoms with E-state index in [2.05, 4.69) is 20.6 Å². The Morgan fingerprint density at radius 3 is 2.62 bits per heavy atom. The number of thiophene rings is 1. The Morgan fingerprint density at radius 1 is 1.12 bits per heavy atom. The molecule has 0 fully saturated rings. The smallest absolute Gasteiger partial charge is 0.275 e. The lowest BCUT2D eigenvalue weighted by Crippen LogP contribution is -2.24. The normalized spacial score (nSPS) is 14.1. The number of rotatable bonds is 4. The lowest BCUT2D eigenvalue weighted by Gasteiger charge is -2.13. The van der Waals surface area contributed by atoms with Gasteiger partial charge in [-0.15, -0.1) is 11.3 Å². The van der Waals surface area contributed by atoms with Crippen LogP contribution in [0.25, 0.3) is 21.6 Å². The van der Waals surface area contributed by atoms with Gasteiger partial charge in [-0.25, -0.2) is 9.97 Å². The zero-order valence-electron chi connectivity index (χ0n) is 14.0. The summed E-state index contributed by atoms with van der Waals surface area (Å²) in [5.74, 6) is 0.625. The summed E-state index contributed by atoms with van der Waals surface area (Å²) in [6.07, 6.45) is 0. The van der Waals surface area contributed by atoms with Crippen LogP contribution >= 0.6 is 11.3 Å². The van der Waals surface area contributed by atoms with Gasteiger partial charge in [0.05, 0.1) is 22.9 Å². The molecule has 0 spiro atoms. The molecule has 130 valence electrons. The topological polar surface area (TPSA) is 93.2 Å². The number of amides is 2. The van der Waals surface area contributed by atoms with E-state index in [0.717, 1.165) is 4.88 Å². The van der Waals surface area contributed by atoms with E-state index in [1.807, 2.05) is 29.6 Å². The Bertz CT molecular complexity index is 1070. The van der Waals surface area contributed by atoms with Crippen LogP contribution < -0.4 is 15.4 Å². The molecule has 2 amide bonds. The highest BCUT2D eigenvalue weighted by Gasteiger charge is 2.28. The third-order valence-electron chi connectivity index (χ3n) is 4.06. The van der Waals surface area contributed by atoms with Crippen LogP contribution in [-0.4, -0.2) is 28.9 Å². The molecule has 2 aromatic heterocycles. The van der Waals surface area contributed by atoms with Crippen LogP contribution in [0.2, 0.25) is 0 Å². The number of fused-ring (bicyclic) bond motifs is 1. The minimum absolute atomic E-state index is 0.179. The van der Waals surface area contributed by atoms with Gasteiger partial charge in [0.25, 0.3) is 11.8 Å². The van der Waals surface area contributed by atoms with Gasteiger partial charge in [0.1, 0.15) is 17.3 Å². The zero-order chi connectivity index (χ0) is 18.3. The van der Waals surface area contributed by atoms with Crippen LogP contribution in [-0.2, 0) is 9.59 Å². The molecule has 0 radical (unpaired) electrons. The molecule has 3 aromatic rings. The number of nitrogens with one attached hydrogen (secondary N) is 2. The molecule has 7 nitrogen and oxygen atoms in total. The summed E-state index contributed by atoms with van der Waals surface area (Å²) in [6, 6.07) is 9.33. The monoisotopic (exact) mass is 366 g/mol. The number of aromatic nitrogens is 2. The van der Waals surface area contributed by atoms with E-state index < -0.39 is 11.8 Å². The first kappa shape index (κ1) is 16.2. The van der Waals surface area contributed by atoms with Crippen molar-refractivity contribution in [2.75, 3.05) is 12.4 Å². The van der Waals surface area contributed by atoms with Crippen molar-refractivity contribution < 1.29 is 14.3 Å². The molecule has 0 bridgehead atoms. The van der Waals surface area contributed by atoms with Crippen LogP contribution in [0, 0.1) is 0 Å². The summed E-state index contributed by atoms with van der Waals surface area (Å²) in [6.45, 7) is 1.59. The highest BCUT2D eigenvalue weighted by molar-refractivity contribution is 7.13. The molecular weight excluding hydrogens is 352 g/mol. The Hall–Kier alpha value is -3.26. The van der Waals surface area contributed by atoms with Gasteiger partial charge >= 0.3 is 0 Å². The molecule has 0 saturated heterocycles. The number of carbonyl (C=O) groups excluding carboxylic acids is 2. The minimum atomic E-state index is -0.480. The van der Waals surface area contributed by atoms with Gasteiger partial charge in [-0.2, -0.15) is 0 Å². The van der Waals surface area contributed by atoms with Crippen LogP contribution in [0.4, 0.5) is 5.82 Å². The molecule has 3 heterocycles. The van der Waals surface area contributed by atoms with Crippen LogP contribution in [0.5, 0.6) is 5.75 Å². The van der Waals surface area contributed by atoms with E-state index in [9.17, 15) is 9.59 Å². The fourth-order valence-electron chi connectivity index (χ4n) is 2.74. The molecular formula is C18H14N4O3S. The molecule has 0 aliphatic carbocycles. The molecule has 1 aliphatic rings. The molecule has 8 heteroatoms.